The maximum atomic E-state index is 5.60. The van der Waals surface area contributed by atoms with Gasteiger partial charge in [-0.15, -0.1) is 13.0 Å². The molecule has 0 aliphatic heterocycles. The van der Waals surface area contributed by atoms with Gasteiger partial charge in [0.05, 0.1) is 0 Å². The van der Waals surface area contributed by atoms with Crippen LogP contribution in [0.3, 0.4) is 0 Å². The van der Waals surface area contributed by atoms with E-state index in [4.69, 9.17) is 15.6 Å². The number of para-hydroxylation sites is 1. The van der Waals surface area contributed by atoms with Gasteiger partial charge in [-0.1, -0.05) is 30.2 Å². The van der Waals surface area contributed by atoms with Gasteiger partial charge >= 0.3 is 0 Å². The molecular weight excluding hydrogens is 236 g/mol. The fraction of sp³-hybridized carbons (Fsp3) is 0.176. The lowest BCUT2D eigenvalue weighted by Gasteiger charge is -2.03. The maximum Gasteiger partial charge on any atom is 0.290 e. The van der Waals surface area contributed by atoms with Gasteiger partial charge in [0.2, 0.25) is 0 Å². The van der Waals surface area contributed by atoms with Crippen molar-refractivity contribution in [3.8, 4) is 24.0 Å². The van der Waals surface area contributed by atoms with Gasteiger partial charge in [-0.05, 0) is 24.6 Å². The summed E-state index contributed by atoms with van der Waals surface area (Å²) in [5.41, 5.74) is 0. The van der Waals surface area contributed by atoms with Crippen molar-refractivity contribution in [3.63, 3.8) is 0 Å². The lowest BCUT2D eigenvalue weighted by Crippen LogP contribution is -1.94. The molecule has 0 saturated carbocycles. The molecule has 0 bridgehead atoms. The molecule has 2 heteroatoms. The summed E-state index contributed by atoms with van der Waals surface area (Å²) in [6.45, 7) is 3.71. The first-order valence-electron chi connectivity index (χ1n) is 6.22. The minimum Gasteiger partial charge on any atom is -0.431 e. The fourth-order valence-electron chi connectivity index (χ4n) is 1.72. The number of rotatable bonds is 6. The monoisotopic (exact) mass is 252 g/mol. The lowest BCUT2D eigenvalue weighted by atomic mass is 10.0. The van der Waals surface area contributed by atoms with E-state index in [0.29, 0.717) is 5.95 Å². The summed E-state index contributed by atoms with van der Waals surface area (Å²) < 4.78 is 11.2. The van der Waals surface area contributed by atoms with Crippen molar-refractivity contribution < 1.29 is 9.15 Å². The minimum atomic E-state index is 0.0867. The third-order valence-electron chi connectivity index (χ3n) is 2.80. The zero-order valence-corrected chi connectivity index (χ0v) is 10.7. The average Bonchev–Trinajstić information content (AvgIpc) is 2.89. The predicted molar refractivity (Wildman–Crippen MR) is 76.1 cm³/mol. The van der Waals surface area contributed by atoms with Gasteiger partial charge in [-0.2, -0.15) is 0 Å². The summed E-state index contributed by atoms with van der Waals surface area (Å²) in [6.07, 6.45) is 8.77. The molecule has 0 spiro atoms. The highest BCUT2D eigenvalue weighted by molar-refractivity contribution is 5.26. The zero-order chi connectivity index (χ0) is 13.5. The van der Waals surface area contributed by atoms with Crippen molar-refractivity contribution in [3.05, 3.63) is 60.9 Å². The molecule has 2 aromatic rings. The maximum absolute atomic E-state index is 5.60. The number of allylic oxidation sites excluding steroid dienone is 1. The van der Waals surface area contributed by atoms with Crippen LogP contribution in [-0.4, -0.2) is 0 Å². The van der Waals surface area contributed by atoms with Crippen LogP contribution in [0.15, 0.2) is 59.5 Å². The summed E-state index contributed by atoms with van der Waals surface area (Å²) in [5, 5.41) is 0. The first kappa shape index (κ1) is 13.0. The Hall–Kier alpha value is -2.40. The van der Waals surface area contributed by atoms with Gasteiger partial charge in [-0.25, -0.2) is 0 Å². The van der Waals surface area contributed by atoms with Crippen molar-refractivity contribution in [2.75, 3.05) is 0 Å². The van der Waals surface area contributed by atoms with E-state index in [-0.39, 0.29) is 5.92 Å². The SMILES string of the molecule is C#CC(C=C)CCc1ccc(Oc2ccccc2)o1. The number of furan rings is 1. The number of hydrogen-bond acceptors (Lipinski definition) is 2. The van der Waals surface area contributed by atoms with E-state index in [1.807, 2.05) is 42.5 Å². The molecule has 1 aromatic carbocycles. The van der Waals surface area contributed by atoms with Gasteiger partial charge in [0.1, 0.15) is 11.5 Å². The second-order valence-electron chi connectivity index (χ2n) is 4.18. The van der Waals surface area contributed by atoms with Crippen molar-refractivity contribution in [1.82, 2.24) is 0 Å². The normalized spacial score (nSPS) is 11.5. The van der Waals surface area contributed by atoms with Gasteiger partial charge in [-0.3, -0.25) is 0 Å². The minimum absolute atomic E-state index is 0.0867. The van der Waals surface area contributed by atoms with Crippen molar-refractivity contribution >= 4 is 0 Å². The fourth-order valence-corrected chi connectivity index (χ4v) is 1.72. The third kappa shape index (κ3) is 3.79. The Labute approximate surface area is 113 Å². The van der Waals surface area contributed by atoms with Crippen LogP contribution in [0.4, 0.5) is 0 Å². The zero-order valence-electron chi connectivity index (χ0n) is 10.7. The van der Waals surface area contributed by atoms with Crippen LogP contribution in [0.1, 0.15) is 12.2 Å². The molecule has 0 fully saturated rings. The van der Waals surface area contributed by atoms with E-state index < -0.39 is 0 Å². The van der Waals surface area contributed by atoms with E-state index in [9.17, 15) is 0 Å². The van der Waals surface area contributed by atoms with Crippen molar-refractivity contribution in [1.29, 1.82) is 0 Å². The molecule has 0 amide bonds. The van der Waals surface area contributed by atoms with Crippen molar-refractivity contribution in [2.24, 2.45) is 5.92 Å². The molecule has 0 saturated heterocycles. The molecule has 96 valence electrons. The first-order valence-corrected chi connectivity index (χ1v) is 6.22. The third-order valence-corrected chi connectivity index (χ3v) is 2.80. The Bertz CT molecular complexity index is 560. The Kier molecular flexibility index (Phi) is 4.47. The van der Waals surface area contributed by atoms with E-state index >= 15 is 0 Å². The number of ether oxygens (including phenoxy) is 1. The Balaban J connectivity index is 1.92. The molecule has 1 unspecified atom stereocenters. The molecule has 0 aliphatic rings. The predicted octanol–water partition coefficient (Wildman–Crippen LogP) is 4.44. The summed E-state index contributed by atoms with van der Waals surface area (Å²) >= 11 is 0. The largest absolute Gasteiger partial charge is 0.431 e. The van der Waals surface area contributed by atoms with Crippen LogP contribution in [0.25, 0.3) is 0 Å². The van der Waals surface area contributed by atoms with E-state index in [1.165, 1.54) is 0 Å². The second-order valence-corrected chi connectivity index (χ2v) is 4.18. The summed E-state index contributed by atoms with van der Waals surface area (Å²) in [6, 6.07) is 13.3. The smallest absolute Gasteiger partial charge is 0.290 e. The van der Waals surface area contributed by atoms with Gasteiger partial charge < -0.3 is 9.15 Å². The average molecular weight is 252 g/mol. The molecule has 1 atom stereocenters. The van der Waals surface area contributed by atoms with Crippen molar-refractivity contribution in [2.45, 2.75) is 12.8 Å². The van der Waals surface area contributed by atoms with Crippen LogP contribution in [0.2, 0.25) is 0 Å². The Morgan fingerprint density at radius 3 is 2.74 bits per heavy atom. The molecule has 2 rings (SSSR count). The first-order chi connectivity index (χ1) is 9.31. The van der Waals surface area contributed by atoms with Gasteiger partial charge in [0.25, 0.3) is 5.95 Å². The van der Waals surface area contributed by atoms with Crippen LogP contribution in [0, 0.1) is 18.3 Å². The Morgan fingerprint density at radius 1 is 1.26 bits per heavy atom. The molecule has 1 heterocycles. The molecule has 0 aliphatic carbocycles. The van der Waals surface area contributed by atoms with Gasteiger partial charge in [0.15, 0.2) is 0 Å². The van der Waals surface area contributed by atoms with Crippen LogP contribution < -0.4 is 4.74 Å². The molecule has 19 heavy (non-hydrogen) atoms. The second kappa shape index (κ2) is 6.51. The van der Waals surface area contributed by atoms with E-state index in [2.05, 4.69) is 12.5 Å². The molecule has 2 nitrogen and oxygen atoms in total. The Morgan fingerprint density at radius 2 is 2.05 bits per heavy atom. The van der Waals surface area contributed by atoms with E-state index in [0.717, 1.165) is 24.4 Å². The number of hydrogen-bond donors (Lipinski definition) is 0. The van der Waals surface area contributed by atoms with Crippen LogP contribution >= 0.6 is 0 Å². The van der Waals surface area contributed by atoms with Crippen LogP contribution in [-0.2, 0) is 6.42 Å². The number of terminal acetylenes is 1. The lowest BCUT2D eigenvalue weighted by molar-refractivity contribution is 0.330. The number of aryl methyl sites for hydroxylation is 1. The van der Waals surface area contributed by atoms with Crippen LogP contribution in [0.5, 0.6) is 11.7 Å². The topological polar surface area (TPSA) is 22.4 Å². The molecule has 0 N–H and O–H groups in total. The quantitative estimate of drug-likeness (QED) is 0.560. The highest BCUT2D eigenvalue weighted by Crippen LogP contribution is 2.24. The standard InChI is InChI=1S/C17H16O2/c1-3-14(4-2)10-11-16-12-13-17(19-16)18-15-8-6-5-7-9-15/h1,4-9,12-14H,2,10-11H2. The van der Waals surface area contributed by atoms with E-state index in [1.54, 1.807) is 6.08 Å². The molecular formula is C17H16O2. The van der Waals surface area contributed by atoms with Gasteiger partial charge in [0, 0.05) is 18.4 Å². The summed E-state index contributed by atoms with van der Waals surface area (Å²) in [7, 11) is 0. The summed E-state index contributed by atoms with van der Waals surface area (Å²) in [5.74, 6) is 4.89. The molecule has 0 radical (unpaired) electrons. The highest BCUT2D eigenvalue weighted by atomic mass is 16.6. The highest BCUT2D eigenvalue weighted by Gasteiger charge is 2.06. The number of benzene rings is 1. The molecule has 1 aromatic heterocycles. The summed E-state index contributed by atoms with van der Waals surface area (Å²) in [4.78, 5) is 0.